The molecule has 1 aromatic heterocycles. The van der Waals surface area contributed by atoms with Gasteiger partial charge in [-0.2, -0.15) is 0 Å². The smallest absolute Gasteiger partial charge is 0.102 e. The van der Waals surface area contributed by atoms with Crippen molar-refractivity contribution in [2.45, 2.75) is 19.4 Å². The van der Waals surface area contributed by atoms with Gasteiger partial charge in [0.1, 0.15) is 5.69 Å². The third-order valence-corrected chi connectivity index (χ3v) is 3.39. The van der Waals surface area contributed by atoms with Gasteiger partial charge in [-0.3, -0.25) is 0 Å². The normalized spacial score (nSPS) is 11.6. The number of benzene rings is 2. The van der Waals surface area contributed by atoms with E-state index in [9.17, 15) is 0 Å². The number of aromatic nitrogens is 3. The summed E-state index contributed by atoms with van der Waals surface area (Å²) < 4.78 is 1.75. The molecule has 1 heterocycles. The summed E-state index contributed by atoms with van der Waals surface area (Å²) in [5.41, 5.74) is 9.67. The second-order valence-electron chi connectivity index (χ2n) is 5.68. The highest BCUT2D eigenvalue weighted by atomic mass is 15.4. The van der Waals surface area contributed by atoms with Crippen LogP contribution in [0.25, 0.3) is 16.8 Å². The predicted molar refractivity (Wildman–Crippen MR) is 84.0 cm³/mol. The topological polar surface area (TPSA) is 56.7 Å². The number of hydrogen-bond acceptors (Lipinski definition) is 3. The van der Waals surface area contributed by atoms with Crippen molar-refractivity contribution in [1.29, 1.82) is 0 Å². The van der Waals surface area contributed by atoms with E-state index in [4.69, 9.17) is 5.73 Å². The van der Waals surface area contributed by atoms with E-state index in [-0.39, 0.29) is 0 Å². The molecule has 4 heteroatoms. The Labute approximate surface area is 124 Å². The second kappa shape index (κ2) is 5.14. The van der Waals surface area contributed by atoms with Gasteiger partial charge in [-0.05, 0) is 37.1 Å². The third-order valence-electron chi connectivity index (χ3n) is 3.39. The molecule has 0 spiro atoms. The molecule has 0 atom stereocenters. The largest absolute Gasteiger partial charge is 0.320 e. The molecular weight excluding hydrogens is 260 g/mol. The van der Waals surface area contributed by atoms with Crippen molar-refractivity contribution >= 4 is 0 Å². The Balaban J connectivity index is 1.89. The summed E-state index contributed by atoms with van der Waals surface area (Å²) >= 11 is 0. The number of nitrogens with two attached hydrogens (primary N) is 1. The lowest BCUT2D eigenvalue weighted by Gasteiger charge is -2.13. The van der Waals surface area contributed by atoms with Gasteiger partial charge in [0.05, 0.1) is 17.4 Å². The van der Waals surface area contributed by atoms with Crippen LogP contribution in [0.4, 0.5) is 0 Å². The van der Waals surface area contributed by atoms with Gasteiger partial charge < -0.3 is 5.73 Å². The minimum absolute atomic E-state index is 0.484. The van der Waals surface area contributed by atoms with E-state index < -0.39 is 5.54 Å². The fraction of sp³-hybridized carbons (Fsp3) is 0.176. The predicted octanol–water partition coefficient (Wildman–Crippen LogP) is 3.13. The summed E-state index contributed by atoms with van der Waals surface area (Å²) in [5.74, 6) is 0. The van der Waals surface area contributed by atoms with Gasteiger partial charge in [0, 0.05) is 0 Å². The van der Waals surface area contributed by atoms with Gasteiger partial charge >= 0.3 is 0 Å². The van der Waals surface area contributed by atoms with Crippen LogP contribution in [0.15, 0.2) is 60.8 Å². The second-order valence-corrected chi connectivity index (χ2v) is 5.68. The molecule has 0 bridgehead atoms. The first-order valence-electron chi connectivity index (χ1n) is 6.91. The van der Waals surface area contributed by atoms with Gasteiger partial charge in [0.25, 0.3) is 0 Å². The van der Waals surface area contributed by atoms with Crippen LogP contribution in [0.1, 0.15) is 19.5 Å². The van der Waals surface area contributed by atoms with Gasteiger partial charge in [-0.25, -0.2) is 4.68 Å². The Kier molecular flexibility index (Phi) is 3.31. The van der Waals surface area contributed by atoms with Crippen LogP contribution in [0, 0.1) is 0 Å². The van der Waals surface area contributed by atoms with Crippen LogP contribution in [-0.4, -0.2) is 15.0 Å². The van der Waals surface area contributed by atoms with E-state index in [0.29, 0.717) is 0 Å². The lowest BCUT2D eigenvalue weighted by atomic mass is 10.0. The van der Waals surface area contributed by atoms with Crippen molar-refractivity contribution < 1.29 is 0 Å². The van der Waals surface area contributed by atoms with Crippen LogP contribution in [0.5, 0.6) is 0 Å². The van der Waals surface area contributed by atoms with E-state index in [1.165, 1.54) is 11.1 Å². The van der Waals surface area contributed by atoms with E-state index in [1.54, 1.807) is 4.68 Å². The molecule has 0 saturated heterocycles. The summed E-state index contributed by atoms with van der Waals surface area (Å²) in [4.78, 5) is 0. The molecule has 2 N–H and O–H groups in total. The van der Waals surface area contributed by atoms with Gasteiger partial charge in [0.15, 0.2) is 0 Å². The molecule has 2 aromatic carbocycles. The summed E-state index contributed by atoms with van der Waals surface area (Å²) in [6, 6.07) is 18.5. The average molecular weight is 278 g/mol. The molecule has 0 amide bonds. The van der Waals surface area contributed by atoms with E-state index in [1.807, 2.05) is 50.4 Å². The standard InChI is InChI=1S/C17H18N4/c1-17(2,18)16-12-21(20-19-16)15-10-8-14(9-11-15)13-6-4-3-5-7-13/h3-12H,18H2,1-2H3. The summed E-state index contributed by atoms with van der Waals surface area (Å²) in [5, 5.41) is 8.27. The monoisotopic (exact) mass is 278 g/mol. The first-order chi connectivity index (χ1) is 10.0. The Hall–Kier alpha value is -2.46. The van der Waals surface area contributed by atoms with Crippen LogP contribution in [0.2, 0.25) is 0 Å². The summed E-state index contributed by atoms with van der Waals surface area (Å²) in [6.07, 6.45) is 1.87. The fourth-order valence-electron chi connectivity index (χ4n) is 2.12. The average Bonchev–Trinajstić information content (AvgIpc) is 2.98. The van der Waals surface area contributed by atoms with Crippen molar-refractivity contribution in [3.05, 3.63) is 66.5 Å². The van der Waals surface area contributed by atoms with Crippen LogP contribution < -0.4 is 5.73 Å². The fourth-order valence-corrected chi connectivity index (χ4v) is 2.12. The third kappa shape index (κ3) is 2.85. The van der Waals surface area contributed by atoms with Crippen molar-refractivity contribution in [3.8, 4) is 16.8 Å². The maximum Gasteiger partial charge on any atom is 0.102 e. The Morgan fingerprint density at radius 2 is 1.52 bits per heavy atom. The molecule has 0 radical (unpaired) electrons. The Bertz CT molecular complexity index is 721. The number of rotatable bonds is 3. The van der Waals surface area contributed by atoms with Crippen LogP contribution in [-0.2, 0) is 5.54 Å². The molecule has 4 nitrogen and oxygen atoms in total. The minimum Gasteiger partial charge on any atom is -0.320 e. The zero-order valence-corrected chi connectivity index (χ0v) is 12.2. The van der Waals surface area contributed by atoms with E-state index in [0.717, 1.165) is 11.4 Å². The summed E-state index contributed by atoms with van der Waals surface area (Å²) in [6.45, 7) is 3.83. The quantitative estimate of drug-likeness (QED) is 0.800. The lowest BCUT2D eigenvalue weighted by molar-refractivity contribution is 0.533. The van der Waals surface area contributed by atoms with Crippen molar-refractivity contribution in [3.63, 3.8) is 0 Å². The summed E-state index contributed by atoms with van der Waals surface area (Å²) in [7, 11) is 0. The van der Waals surface area contributed by atoms with Crippen molar-refractivity contribution in [2.75, 3.05) is 0 Å². The molecule has 0 saturated carbocycles. The minimum atomic E-state index is -0.484. The highest BCUT2D eigenvalue weighted by molar-refractivity contribution is 5.64. The highest BCUT2D eigenvalue weighted by Crippen LogP contribution is 2.21. The van der Waals surface area contributed by atoms with Gasteiger partial charge in [-0.15, -0.1) is 5.10 Å². The Morgan fingerprint density at radius 3 is 2.10 bits per heavy atom. The SMILES string of the molecule is CC(C)(N)c1cn(-c2ccc(-c3ccccc3)cc2)nn1. The first kappa shape index (κ1) is 13.5. The van der Waals surface area contributed by atoms with Crippen molar-refractivity contribution in [2.24, 2.45) is 5.73 Å². The molecule has 3 aromatic rings. The molecule has 3 rings (SSSR count). The molecule has 21 heavy (non-hydrogen) atoms. The van der Waals surface area contributed by atoms with Crippen molar-refractivity contribution in [1.82, 2.24) is 15.0 Å². The van der Waals surface area contributed by atoms with E-state index in [2.05, 4.69) is 34.6 Å². The molecule has 0 aliphatic heterocycles. The van der Waals surface area contributed by atoms with Crippen LogP contribution in [0.3, 0.4) is 0 Å². The Morgan fingerprint density at radius 1 is 0.905 bits per heavy atom. The van der Waals surface area contributed by atoms with Gasteiger partial charge in [-0.1, -0.05) is 47.7 Å². The highest BCUT2D eigenvalue weighted by Gasteiger charge is 2.18. The molecular formula is C17H18N4. The maximum atomic E-state index is 6.03. The molecule has 0 fully saturated rings. The van der Waals surface area contributed by atoms with Crippen LogP contribution >= 0.6 is 0 Å². The molecule has 0 unspecified atom stereocenters. The zero-order valence-electron chi connectivity index (χ0n) is 12.2. The maximum absolute atomic E-state index is 6.03. The lowest BCUT2D eigenvalue weighted by Crippen LogP contribution is -2.29. The molecule has 0 aliphatic carbocycles. The zero-order chi connectivity index (χ0) is 14.9. The number of nitrogens with zero attached hydrogens (tertiary/aromatic N) is 3. The molecule has 106 valence electrons. The van der Waals surface area contributed by atoms with Gasteiger partial charge in [0.2, 0.25) is 0 Å². The molecule has 0 aliphatic rings. The first-order valence-corrected chi connectivity index (χ1v) is 6.91. The number of hydrogen-bond donors (Lipinski definition) is 1. The van der Waals surface area contributed by atoms with E-state index >= 15 is 0 Å².